The number of hydrogen-bond acceptors (Lipinski definition) is 5. The van der Waals surface area contributed by atoms with Crippen LogP contribution in [0.2, 0.25) is 0 Å². The summed E-state index contributed by atoms with van der Waals surface area (Å²) in [6.45, 7) is 7.25. The molecular weight excluding hydrogens is 398 g/mol. The molecule has 1 heterocycles. The zero-order valence-electron chi connectivity index (χ0n) is 18.2. The summed E-state index contributed by atoms with van der Waals surface area (Å²) in [6, 6.07) is 9.55. The quantitative estimate of drug-likeness (QED) is 0.467. The molecule has 5 nitrogen and oxygen atoms in total. The lowest BCUT2D eigenvalue weighted by Crippen LogP contribution is -2.26. The molecule has 0 saturated carbocycles. The van der Waals surface area contributed by atoms with Crippen LogP contribution in [0.25, 0.3) is 0 Å². The Kier molecular flexibility index (Phi) is 7.19. The van der Waals surface area contributed by atoms with Crippen LogP contribution in [-0.2, 0) is 22.4 Å². The molecule has 1 aromatic carbocycles. The van der Waals surface area contributed by atoms with Crippen LogP contribution >= 0.6 is 11.3 Å². The maximum Gasteiger partial charge on any atom is 0.341 e. The second kappa shape index (κ2) is 9.65. The van der Waals surface area contributed by atoms with Gasteiger partial charge in [0.05, 0.1) is 19.3 Å². The van der Waals surface area contributed by atoms with Gasteiger partial charge >= 0.3 is 5.97 Å². The van der Waals surface area contributed by atoms with Gasteiger partial charge in [0.1, 0.15) is 10.8 Å². The number of rotatable bonds is 7. The van der Waals surface area contributed by atoms with Gasteiger partial charge in [0, 0.05) is 11.3 Å². The number of thiophene rings is 1. The van der Waals surface area contributed by atoms with Crippen molar-refractivity contribution in [3.63, 3.8) is 0 Å². The summed E-state index contributed by atoms with van der Waals surface area (Å²) in [4.78, 5) is 26.2. The van der Waals surface area contributed by atoms with Crippen molar-refractivity contribution in [2.24, 2.45) is 11.3 Å². The highest BCUT2D eigenvalue weighted by molar-refractivity contribution is 7.17. The number of nitrogens with one attached hydrogen (secondary N) is 1. The Labute approximate surface area is 182 Å². The van der Waals surface area contributed by atoms with E-state index < -0.39 is 0 Å². The van der Waals surface area contributed by atoms with E-state index in [1.807, 2.05) is 30.3 Å². The second-order valence-electron chi connectivity index (χ2n) is 8.82. The van der Waals surface area contributed by atoms with Crippen LogP contribution in [0.1, 0.15) is 60.8 Å². The van der Waals surface area contributed by atoms with Gasteiger partial charge in [0.2, 0.25) is 5.91 Å². The van der Waals surface area contributed by atoms with E-state index in [2.05, 4.69) is 26.1 Å². The van der Waals surface area contributed by atoms with Gasteiger partial charge < -0.3 is 14.8 Å². The van der Waals surface area contributed by atoms with Gasteiger partial charge in [0.25, 0.3) is 0 Å². The lowest BCUT2D eigenvalue weighted by atomic mass is 9.72. The zero-order valence-corrected chi connectivity index (χ0v) is 19.1. The zero-order chi connectivity index (χ0) is 21.7. The lowest BCUT2D eigenvalue weighted by Gasteiger charge is -2.33. The topological polar surface area (TPSA) is 64.6 Å². The third kappa shape index (κ3) is 5.42. The molecule has 0 spiro atoms. The Morgan fingerprint density at radius 2 is 1.93 bits per heavy atom. The number of ether oxygens (including phenoxy) is 2. The van der Waals surface area contributed by atoms with Crippen molar-refractivity contribution in [1.82, 2.24) is 0 Å². The first-order valence-corrected chi connectivity index (χ1v) is 11.3. The predicted octanol–water partition coefficient (Wildman–Crippen LogP) is 5.48. The summed E-state index contributed by atoms with van der Waals surface area (Å²) in [6.07, 6.45) is 3.76. The third-order valence-corrected chi connectivity index (χ3v) is 6.86. The maximum atomic E-state index is 12.5. The first kappa shape index (κ1) is 22.3. The van der Waals surface area contributed by atoms with Crippen molar-refractivity contribution in [1.29, 1.82) is 0 Å². The molecule has 1 unspecified atom stereocenters. The summed E-state index contributed by atoms with van der Waals surface area (Å²) in [7, 11) is 1.39. The van der Waals surface area contributed by atoms with Crippen molar-refractivity contribution in [2.75, 3.05) is 19.0 Å². The number of amides is 1. The predicted molar refractivity (Wildman–Crippen MR) is 120 cm³/mol. The Balaban J connectivity index is 1.64. The first-order valence-electron chi connectivity index (χ1n) is 10.5. The number of benzene rings is 1. The van der Waals surface area contributed by atoms with Crippen LogP contribution in [0.4, 0.5) is 5.00 Å². The monoisotopic (exact) mass is 429 g/mol. The van der Waals surface area contributed by atoms with Gasteiger partial charge in [-0.15, -0.1) is 11.3 Å². The molecule has 1 atom stereocenters. The summed E-state index contributed by atoms with van der Waals surface area (Å²) in [5, 5.41) is 3.58. The normalized spacial score (nSPS) is 15.9. The van der Waals surface area contributed by atoms with Gasteiger partial charge in [-0.3, -0.25) is 4.79 Å². The summed E-state index contributed by atoms with van der Waals surface area (Å²) < 4.78 is 10.7. The third-order valence-electron chi connectivity index (χ3n) is 5.69. The van der Waals surface area contributed by atoms with Gasteiger partial charge in [-0.2, -0.15) is 0 Å². The standard InChI is InChI=1S/C24H31NO4S/c1-24(2,3)16-12-13-18-19(15-16)30-22(21(18)23(27)28-4)25-20(26)11-8-14-29-17-9-6-5-7-10-17/h5-7,9-10,16H,8,11-15H2,1-4H3,(H,25,26). The molecule has 1 amide bonds. The maximum absolute atomic E-state index is 12.5. The highest BCUT2D eigenvalue weighted by atomic mass is 32.1. The fourth-order valence-electron chi connectivity index (χ4n) is 3.86. The van der Waals surface area contributed by atoms with Crippen molar-refractivity contribution in [3.05, 3.63) is 46.3 Å². The van der Waals surface area contributed by atoms with E-state index in [0.29, 0.717) is 35.9 Å². The molecule has 0 aliphatic heterocycles. The first-order chi connectivity index (χ1) is 14.3. The highest BCUT2D eigenvalue weighted by Crippen LogP contribution is 2.44. The highest BCUT2D eigenvalue weighted by Gasteiger charge is 2.34. The molecular formula is C24H31NO4S. The number of carbonyl (C=O) groups is 2. The molecule has 0 radical (unpaired) electrons. The minimum atomic E-state index is -0.371. The summed E-state index contributed by atoms with van der Waals surface area (Å²) in [5.74, 6) is 0.880. The molecule has 2 aromatic rings. The van der Waals surface area contributed by atoms with Gasteiger partial charge in [0.15, 0.2) is 0 Å². The van der Waals surface area contributed by atoms with Gasteiger partial charge in [-0.25, -0.2) is 4.79 Å². The van der Waals surface area contributed by atoms with Crippen LogP contribution in [0.15, 0.2) is 30.3 Å². The van der Waals surface area contributed by atoms with Crippen LogP contribution < -0.4 is 10.1 Å². The molecule has 1 aliphatic carbocycles. The molecule has 0 saturated heterocycles. The van der Waals surface area contributed by atoms with E-state index in [4.69, 9.17) is 9.47 Å². The van der Waals surface area contributed by atoms with Crippen molar-refractivity contribution < 1.29 is 19.1 Å². The number of carbonyl (C=O) groups excluding carboxylic acids is 2. The number of anilines is 1. The number of esters is 1. The number of methoxy groups -OCH3 is 1. The van der Waals surface area contributed by atoms with E-state index in [1.54, 1.807) is 0 Å². The number of hydrogen-bond donors (Lipinski definition) is 1. The molecule has 162 valence electrons. The minimum Gasteiger partial charge on any atom is -0.494 e. The number of fused-ring (bicyclic) bond motifs is 1. The summed E-state index contributed by atoms with van der Waals surface area (Å²) >= 11 is 1.53. The molecule has 0 fully saturated rings. The smallest absolute Gasteiger partial charge is 0.341 e. The molecule has 1 aromatic heterocycles. The molecule has 30 heavy (non-hydrogen) atoms. The fraction of sp³-hybridized carbons (Fsp3) is 0.500. The Morgan fingerprint density at radius 1 is 1.20 bits per heavy atom. The molecule has 6 heteroatoms. The van der Waals surface area contributed by atoms with E-state index >= 15 is 0 Å². The van der Waals surface area contributed by atoms with E-state index in [0.717, 1.165) is 30.6 Å². The molecule has 0 bridgehead atoms. The Morgan fingerprint density at radius 3 is 2.60 bits per heavy atom. The SMILES string of the molecule is COC(=O)c1c(NC(=O)CCCOc2ccccc2)sc2c1CCC(C(C)(C)C)C2. The van der Waals surface area contributed by atoms with Gasteiger partial charge in [-0.05, 0) is 54.7 Å². The number of para-hydroxylation sites is 1. The minimum absolute atomic E-state index is 0.109. The van der Waals surface area contributed by atoms with Crippen LogP contribution in [-0.4, -0.2) is 25.6 Å². The van der Waals surface area contributed by atoms with E-state index in [9.17, 15) is 9.59 Å². The molecule has 3 rings (SSSR count). The van der Waals surface area contributed by atoms with E-state index in [-0.39, 0.29) is 17.3 Å². The van der Waals surface area contributed by atoms with Crippen molar-refractivity contribution in [2.45, 2.75) is 52.9 Å². The second-order valence-corrected chi connectivity index (χ2v) is 9.92. The van der Waals surface area contributed by atoms with Crippen LogP contribution in [0, 0.1) is 11.3 Å². The van der Waals surface area contributed by atoms with Gasteiger partial charge in [-0.1, -0.05) is 39.0 Å². The van der Waals surface area contributed by atoms with E-state index in [1.165, 1.54) is 23.3 Å². The van der Waals surface area contributed by atoms with Crippen molar-refractivity contribution >= 4 is 28.2 Å². The van der Waals surface area contributed by atoms with Crippen LogP contribution in [0.3, 0.4) is 0 Å². The molecule has 1 aliphatic rings. The molecule has 1 N–H and O–H groups in total. The summed E-state index contributed by atoms with van der Waals surface area (Å²) in [5.41, 5.74) is 1.81. The average molecular weight is 430 g/mol. The largest absolute Gasteiger partial charge is 0.494 e. The van der Waals surface area contributed by atoms with Crippen molar-refractivity contribution in [3.8, 4) is 5.75 Å². The average Bonchev–Trinajstić information content (AvgIpc) is 3.07. The Bertz CT molecular complexity index is 883. The fourth-order valence-corrected chi connectivity index (χ4v) is 5.19. The Hall–Kier alpha value is -2.34. The lowest BCUT2D eigenvalue weighted by molar-refractivity contribution is -0.116. The van der Waals surface area contributed by atoms with Crippen LogP contribution in [0.5, 0.6) is 5.75 Å².